The third-order valence-corrected chi connectivity index (χ3v) is 7.85. The molecule has 0 spiro atoms. The van der Waals surface area contributed by atoms with E-state index in [1.54, 1.807) is 11.2 Å². The average molecular weight is 420 g/mol. The summed E-state index contributed by atoms with van der Waals surface area (Å²) in [6.07, 6.45) is 6.33. The SMILES string of the molecule is CCS(=O)(=O)N1CCCCC1c1nnc(C2CCN(Cc3ccccn3)CC2)o1. The molecule has 158 valence electrons. The second-order valence-electron chi connectivity index (χ2n) is 7.87. The zero-order chi connectivity index (χ0) is 20.3. The highest BCUT2D eigenvalue weighted by Crippen LogP contribution is 2.35. The van der Waals surface area contributed by atoms with Crippen LogP contribution in [0.25, 0.3) is 0 Å². The quantitative estimate of drug-likeness (QED) is 0.711. The molecule has 2 aliphatic rings. The van der Waals surface area contributed by atoms with Gasteiger partial charge in [-0.15, -0.1) is 10.2 Å². The van der Waals surface area contributed by atoms with Gasteiger partial charge in [-0.1, -0.05) is 12.5 Å². The summed E-state index contributed by atoms with van der Waals surface area (Å²) in [5, 5.41) is 8.55. The van der Waals surface area contributed by atoms with E-state index in [0.717, 1.165) is 57.4 Å². The van der Waals surface area contributed by atoms with Crippen LogP contribution in [0.15, 0.2) is 28.8 Å². The Morgan fingerprint density at radius 1 is 1.07 bits per heavy atom. The van der Waals surface area contributed by atoms with E-state index in [4.69, 9.17) is 4.42 Å². The number of aromatic nitrogens is 3. The summed E-state index contributed by atoms with van der Waals surface area (Å²) in [6.45, 7) is 4.98. The van der Waals surface area contributed by atoms with Gasteiger partial charge in [0, 0.05) is 25.2 Å². The van der Waals surface area contributed by atoms with Crippen molar-refractivity contribution in [3.05, 3.63) is 41.9 Å². The highest BCUT2D eigenvalue weighted by Gasteiger charge is 2.36. The van der Waals surface area contributed by atoms with Crippen molar-refractivity contribution in [2.75, 3.05) is 25.4 Å². The zero-order valence-corrected chi connectivity index (χ0v) is 17.7. The number of sulfonamides is 1. The largest absolute Gasteiger partial charge is 0.423 e. The Balaban J connectivity index is 1.39. The van der Waals surface area contributed by atoms with Gasteiger partial charge in [0.05, 0.1) is 11.4 Å². The molecule has 9 heteroatoms. The Morgan fingerprint density at radius 3 is 2.59 bits per heavy atom. The van der Waals surface area contributed by atoms with Crippen LogP contribution < -0.4 is 0 Å². The molecule has 2 aliphatic heterocycles. The van der Waals surface area contributed by atoms with E-state index in [1.807, 2.05) is 18.3 Å². The third kappa shape index (κ3) is 4.67. The van der Waals surface area contributed by atoms with E-state index < -0.39 is 10.0 Å². The van der Waals surface area contributed by atoms with Gasteiger partial charge in [0.25, 0.3) is 0 Å². The maximum atomic E-state index is 12.5. The van der Waals surface area contributed by atoms with Gasteiger partial charge in [0.2, 0.25) is 21.8 Å². The molecular weight excluding hydrogens is 390 g/mol. The summed E-state index contributed by atoms with van der Waals surface area (Å²) in [6, 6.07) is 5.68. The number of hydrogen-bond acceptors (Lipinski definition) is 7. The first-order chi connectivity index (χ1) is 14.1. The predicted molar refractivity (Wildman–Crippen MR) is 109 cm³/mol. The minimum absolute atomic E-state index is 0.0965. The Hall–Kier alpha value is -1.84. The zero-order valence-electron chi connectivity index (χ0n) is 16.9. The number of pyridine rings is 1. The van der Waals surface area contributed by atoms with Crippen LogP contribution in [0.3, 0.4) is 0 Å². The minimum atomic E-state index is -3.28. The molecule has 4 rings (SSSR count). The molecule has 4 heterocycles. The third-order valence-electron chi connectivity index (χ3n) is 5.97. The predicted octanol–water partition coefficient (Wildman–Crippen LogP) is 2.72. The van der Waals surface area contributed by atoms with E-state index in [2.05, 4.69) is 26.1 Å². The van der Waals surface area contributed by atoms with Gasteiger partial charge >= 0.3 is 0 Å². The molecule has 2 fully saturated rings. The maximum absolute atomic E-state index is 12.5. The first-order valence-corrected chi connectivity index (χ1v) is 12.1. The number of piperidine rings is 2. The van der Waals surface area contributed by atoms with Crippen molar-refractivity contribution in [3.63, 3.8) is 0 Å². The van der Waals surface area contributed by atoms with Crippen LogP contribution in [0.5, 0.6) is 0 Å². The van der Waals surface area contributed by atoms with Crippen molar-refractivity contribution in [2.45, 2.75) is 57.5 Å². The summed E-state index contributed by atoms with van der Waals surface area (Å²) in [5.74, 6) is 1.43. The lowest BCUT2D eigenvalue weighted by Crippen LogP contribution is -2.39. The molecule has 8 nitrogen and oxygen atoms in total. The molecule has 1 unspecified atom stereocenters. The average Bonchev–Trinajstić information content (AvgIpc) is 3.25. The molecule has 29 heavy (non-hydrogen) atoms. The fourth-order valence-corrected chi connectivity index (χ4v) is 5.58. The molecule has 1 atom stereocenters. The van der Waals surface area contributed by atoms with Crippen LogP contribution in [0.2, 0.25) is 0 Å². The van der Waals surface area contributed by atoms with Crippen molar-refractivity contribution >= 4 is 10.0 Å². The smallest absolute Gasteiger partial charge is 0.234 e. The standard InChI is InChI=1S/C20H29N5O3S/c1-2-29(26,27)25-12-6-4-8-18(25)20-23-22-19(28-20)16-9-13-24(14-10-16)15-17-7-3-5-11-21-17/h3,5,7,11,16,18H,2,4,6,8-10,12-15H2,1H3. The molecule has 0 radical (unpaired) electrons. The van der Waals surface area contributed by atoms with E-state index in [0.29, 0.717) is 18.3 Å². The Bertz CT molecular complexity index is 894. The molecule has 2 aromatic rings. The lowest BCUT2D eigenvalue weighted by Gasteiger charge is -2.32. The normalized spacial score (nSPS) is 22.7. The van der Waals surface area contributed by atoms with Gasteiger partial charge < -0.3 is 4.42 Å². The Kier molecular flexibility index (Phi) is 6.26. The molecule has 0 bridgehead atoms. The highest BCUT2D eigenvalue weighted by atomic mass is 32.2. The van der Waals surface area contributed by atoms with Gasteiger partial charge in [-0.3, -0.25) is 9.88 Å². The first kappa shape index (κ1) is 20.4. The van der Waals surface area contributed by atoms with Crippen molar-refractivity contribution in [1.82, 2.24) is 24.4 Å². The lowest BCUT2D eigenvalue weighted by atomic mass is 9.97. The van der Waals surface area contributed by atoms with Crippen molar-refractivity contribution in [3.8, 4) is 0 Å². The Labute approximate surface area is 172 Å². The number of likely N-dealkylation sites (tertiary alicyclic amines) is 1. The second kappa shape index (κ2) is 8.89. The lowest BCUT2D eigenvalue weighted by molar-refractivity contribution is 0.182. The fourth-order valence-electron chi connectivity index (χ4n) is 4.26. The summed E-state index contributed by atoms with van der Waals surface area (Å²) in [7, 11) is -3.28. The van der Waals surface area contributed by atoms with Crippen LogP contribution in [0, 0.1) is 0 Å². The molecule has 0 amide bonds. The van der Waals surface area contributed by atoms with Crippen LogP contribution >= 0.6 is 0 Å². The van der Waals surface area contributed by atoms with Gasteiger partial charge in [-0.25, -0.2) is 8.42 Å². The van der Waals surface area contributed by atoms with E-state index in [9.17, 15) is 8.42 Å². The van der Waals surface area contributed by atoms with Crippen LogP contribution in [-0.4, -0.2) is 58.2 Å². The Morgan fingerprint density at radius 2 is 1.86 bits per heavy atom. The van der Waals surface area contributed by atoms with Gasteiger partial charge in [-0.05, 0) is 57.8 Å². The molecule has 0 aliphatic carbocycles. The summed E-state index contributed by atoms with van der Waals surface area (Å²) < 4.78 is 32.5. The maximum Gasteiger partial charge on any atom is 0.234 e. The van der Waals surface area contributed by atoms with E-state index in [1.165, 1.54) is 0 Å². The fraction of sp³-hybridized carbons (Fsp3) is 0.650. The van der Waals surface area contributed by atoms with Gasteiger partial charge in [0.1, 0.15) is 6.04 Å². The van der Waals surface area contributed by atoms with Crippen LogP contribution in [0.4, 0.5) is 0 Å². The first-order valence-electron chi connectivity index (χ1n) is 10.5. The number of hydrogen-bond donors (Lipinski definition) is 0. The summed E-state index contributed by atoms with van der Waals surface area (Å²) in [4.78, 5) is 6.80. The minimum Gasteiger partial charge on any atom is -0.423 e. The molecule has 0 aromatic carbocycles. The molecule has 2 aromatic heterocycles. The van der Waals surface area contributed by atoms with E-state index >= 15 is 0 Å². The monoisotopic (exact) mass is 419 g/mol. The van der Waals surface area contributed by atoms with Gasteiger partial charge in [0.15, 0.2) is 0 Å². The molecule has 2 saturated heterocycles. The topological polar surface area (TPSA) is 92.4 Å². The summed E-state index contributed by atoms with van der Waals surface area (Å²) in [5.41, 5.74) is 1.08. The molecule has 0 N–H and O–H groups in total. The highest BCUT2D eigenvalue weighted by molar-refractivity contribution is 7.89. The molecule has 0 saturated carbocycles. The van der Waals surface area contributed by atoms with Gasteiger partial charge in [-0.2, -0.15) is 4.31 Å². The van der Waals surface area contributed by atoms with E-state index in [-0.39, 0.29) is 17.7 Å². The van der Waals surface area contributed by atoms with Crippen LogP contribution in [-0.2, 0) is 16.6 Å². The molecular formula is C20H29N5O3S. The number of rotatable bonds is 6. The van der Waals surface area contributed by atoms with Crippen LogP contribution in [0.1, 0.15) is 68.5 Å². The van der Waals surface area contributed by atoms with Crippen molar-refractivity contribution < 1.29 is 12.8 Å². The van der Waals surface area contributed by atoms with Crippen molar-refractivity contribution in [2.24, 2.45) is 0 Å². The summed E-state index contributed by atoms with van der Waals surface area (Å²) >= 11 is 0. The number of nitrogens with zero attached hydrogens (tertiary/aromatic N) is 5. The second-order valence-corrected chi connectivity index (χ2v) is 10.1. The van der Waals surface area contributed by atoms with Crippen molar-refractivity contribution in [1.29, 1.82) is 0 Å².